The molecule has 0 heterocycles. The summed E-state index contributed by atoms with van der Waals surface area (Å²) in [4.78, 5) is 0. The molecular formula is C11H13ClO. The second-order valence-electron chi connectivity index (χ2n) is 3.92. The lowest BCUT2D eigenvalue weighted by Gasteiger charge is -2.14. The summed E-state index contributed by atoms with van der Waals surface area (Å²) in [6.45, 7) is 2.27. The van der Waals surface area contributed by atoms with E-state index in [1.807, 2.05) is 19.1 Å². The van der Waals surface area contributed by atoms with E-state index in [0.29, 0.717) is 0 Å². The molecule has 1 saturated carbocycles. The third-order valence-electron chi connectivity index (χ3n) is 2.85. The second-order valence-corrected chi connectivity index (χ2v) is 4.33. The fourth-order valence-electron chi connectivity index (χ4n) is 1.71. The van der Waals surface area contributed by atoms with Crippen molar-refractivity contribution in [1.29, 1.82) is 0 Å². The number of rotatable bonds is 2. The average Bonchev–Trinajstić information content (AvgIpc) is 2.90. The summed E-state index contributed by atoms with van der Waals surface area (Å²) in [7, 11) is 0. The molecule has 70 valence electrons. The normalized spacial score (nSPS) is 18.7. The Hall–Kier alpha value is -0.530. The first-order valence-electron chi connectivity index (χ1n) is 4.55. The van der Waals surface area contributed by atoms with Crippen LogP contribution in [0.25, 0.3) is 0 Å². The maximum absolute atomic E-state index is 9.27. The van der Waals surface area contributed by atoms with Crippen LogP contribution in [0, 0.1) is 6.92 Å². The molecule has 0 unspecified atom stereocenters. The molecule has 1 aliphatic rings. The Balaban J connectivity index is 2.44. The quantitative estimate of drug-likeness (QED) is 0.771. The zero-order valence-electron chi connectivity index (χ0n) is 7.68. The van der Waals surface area contributed by atoms with Gasteiger partial charge in [0.15, 0.2) is 0 Å². The van der Waals surface area contributed by atoms with Crippen LogP contribution in [0.2, 0.25) is 5.02 Å². The Kier molecular flexibility index (Phi) is 2.09. The predicted molar refractivity (Wildman–Crippen MR) is 54.2 cm³/mol. The molecule has 1 nitrogen and oxygen atoms in total. The number of aliphatic hydroxyl groups is 1. The fraction of sp³-hybridized carbons (Fsp3) is 0.455. The minimum atomic E-state index is -0.0108. The van der Waals surface area contributed by atoms with Gasteiger partial charge in [-0.25, -0.2) is 0 Å². The van der Waals surface area contributed by atoms with E-state index >= 15 is 0 Å². The zero-order chi connectivity index (χ0) is 9.47. The van der Waals surface area contributed by atoms with Crippen molar-refractivity contribution in [3.63, 3.8) is 0 Å². The van der Waals surface area contributed by atoms with Gasteiger partial charge in [0, 0.05) is 10.4 Å². The molecule has 0 bridgehead atoms. The molecule has 0 radical (unpaired) electrons. The minimum Gasteiger partial charge on any atom is -0.395 e. The largest absolute Gasteiger partial charge is 0.395 e. The van der Waals surface area contributed by atoms with Crippen LogP contribution < -0.4 is 0 Å². The number of hydrogen-bond acceptors (Lipinski definition) is 1. The number of benzene rings is 1. The number of hydrogen-bond donors (Lipinski definition) is 1. The van der Waals surface area contributed by atoms with Crippen molar-refractivity contribution in [3.8, 4) is 0 Å². The fourth-order valence-corrected chi connectivity index (χ4v) is 2.03. The van der Waals surface area contributed by atoms with Crippen molar-refractivity contribution in [2.45, 2.75) is 25.2 Å². The van der Waals surface area contributed by atoms with Crippen LogP contribution in [0.4, 0.5) is 0 Å². The Morgan fingerprint density at radius 1 is 1.46 bits per heavy atom. The highest BCUT2D eigenvalue weighted by Gasteiger charge is 2.44. The number of halogens is 1. The summed E-state index contributed by atoms with van der Waals surface area (Å²) in [5, 5.41) is 10.1. The van der Waals surface area contributed by atoms with Gasteiger partial charge in [-0.2, -0.15) is 0 Å². The maximum Gasteiger partial charge on any atom is 0.0528 e. The molecule has 0 atom stereocenters. The highest BCUT2D eigenvalue weighted by atomic mass is 35.5. The molecule has 0 aromatic heterocycles. The van der Waals surface area contributed by atoms with E-state index in [-0.39, 0.29) is 12.0 Å². The van der Waals surface area contributed by atoms with Gasteiger partial charge in [-0.3, -0.25) is 0 Å². The standard InChI is InChI=1S/C11H13ClO/c1-8-2-3-10(12)9(6-8)11(7-13)4-5-11/h2-3,6,13H,4-5,7H2,1H3. The van der Waals surface area contributed by atoms with Crippen molar-refractivity contribution in [1.82, 2.24) is 0 Å². The molecular weight excluding hydrogens is 184 g/mol. The molecule has 2 heteroatoms. The molecule has 1 aromatic rings. The van der Waals surface area contributed by atoms with Crippen molar-refractivity contribution in [2.24, 2.45) is 0 Å². The molecule has 1 aliphatic carbocycles. The third-order valence-corrected chi connectivity index (χ3v) is 3.18. The molecule has 0 spiro atoms. The van der Waals surface area contributed by atoms with Gasteiger partial charge in [-0.05, 0) is 31.4 Å². The highest BCUT2D eigenvalue weighted by molar-refractivity contribution is 6.31. The minimum absolute atomic E-state index is 0.0108. The SMILES string of the molecule is Cc1ccc(Cl)c(C2(CO)CC2)c1. The lowest BCUT2D eigenvalue weighted by molar-refractivity contribution is 0.255. The summed E-state index contributed by atoms with van der Waals surface area (Å²) < 4.78 is 0. The average molecular weight is 197 g/mol. The van der Waals surface area contributed by atoms with Gasteiger partial charge < -0.3 is 5.11 Å². The lowest BCUT2D eigenvalue weighted by atomic mass is 9.95. The predicted octanol–water partition coefficient (Wildman–Crippen LogP) is 2.67. The number of aryl methyl sites for hydroxylation is 1. The summed E-state index contributed by atoms with van der Waals surface area (Å²) in [5.41, 5.74) is 2.32. The van der Waals surface area contributed by atoms with Gasteiger partial charge in [0.1, 0.15) is 0 Å². The monoisotopic (exact) mass is 196 g/mol. The van der Waals surface area contributed by atoms with Crippen LogP contribution in [-0.4, -0.2) is 11.7 Å². The van der Waals surface area contributed by atoms with E-state index in [1.165, 1.54) is 5.56 Å². The van der Waals surface area contributed by atoms with Gasteiger partial charge >= 0.3 is 0 Å². The van der Waals surface area contributed by atoms with E-state index in [2.05, 4.69) is 6.07 Å². The first-order chi connectivity index (χ1) is 6.18. The van der Waals surface area contributed by atoms with Crippen LogP contribution >= 0.6 is 11.6 Å². The molecule has 1 fully saturated rings. The first kappa shape index (κ1) is 9.04. The summed E-state index contributed by atoms with van der Waals surface area (Å²) >= 11 is 6.09. The van der Waals surface area contributed by atoms with Gasteiger partial charge in [0.05, 0.1) is 6.61 Å². The molecule has 13 heavy (non-hydrogen) atoms. The van der Waals surface area contributed by atoms with Gasteiger partial charge in [-0.1, -0.05) is 29.3 Å². The van der Waals surface area contributed by atoms with Crippen LogP contribution in [-0.2, 0) is 5.41 Å². The zero-order valence-corrected chi connectivity index (χ0v) is 8.43. The topological polar surface area (TPSA) is 20.2 Å². The van der Waals surface area contributed by atoms with Crippen molar-refractivity contribution < 1.29 is 5.11 Å². The van der Waals surface area contributed by atoms with Crippen molar-refractivity contribution in [3.05, 3.63) is 34.3 Å². The lowest BCUT2D eigenvalue weighted by Crippen LogP contribution is -2.12. The summed E-state index contributed by atoms with van der Waals surface area (Å²) in [6, 6.07) is 6.01. The van der Waals surface area contributed by atoms with Crippen LogP contribution in [0.1, 0.15) is 24.0 Å². The Morgan fingerprint density at radius 2 is 2.15 bits per heavy atom. The van der Waals surface area contributed by atoms with E-state index in [9.17, 15) is 5.11 Å². The molecule has 1 aromatic carbocycles. The molecule has 1 N–H and O–H groups in total. The molecule has 2 rings (SSSR count). The van der Waals surface area contributed by atoms with Gasteiger partial charge in [0.2, 0.25) is 0 Å². The van der Waals surface area contributed by atoms with Gasteiger partial charge in [-0.15, -0.1) is 0 Å². The second kappa shape index (κ2) is 3.00. The summed E-state index contributed by atoms with van der Waals surface area (Å²) in [6.07, 6.45) is 2.12. The molecule has 0 saturated heterocycles. The van der Waals surface area contributed by atoms with E-state index in [1.54, 1.807) is 0 Å². The van der Waals surface area contributed by atoms with Crippen LogP contribution in [0.5, 0.6) is 0 Å². The number of aliphatic hydroxyl groups excluding tert-OH is 1. The van der Waals surface area contributed by atoms with Crippen LogP contribution in [0.3, 0.4) is 0 Å². The van der Waals surface area contributed by atoms with E-state index < -0.39 is 0 Å². The van der Waals surface area contributed by atoms with E-state index in [0.717, 1.165) is 23.4 Å². The Labute approximate surface area is 83.3 Å². The molecule has 0 amide bonds. The maximum atomic E-state index is 9.27. The summed E-state index contributed by atoms with van der Waals surface area (Å²) in [5.74, 6) is 0. The first-order valence-corrected chi connectivity index (χ1v) is 4.93. The van der Waals surface area contributed by atoms with Crippen LogP contribution in [0.15, 0.2) is 18.2 Å². The highest BCUT2D eigenvalue weighted by Crippen LogP contribution is 2.50. The Morgan fingerprint density at radius 3 is 2.69 bits per heavy atom. The van der Waals surface area contributed by atoms with E-state index in [4.69, 9.17) is 11.6 Å². The molecule has 0 aliphatic heterocycles. The van der Waals surface area contributed by atoms with Gasteiger partial charge in [0.25, 0.3) is 0 Å². The van der Waals surface area contributed by atoms with Crippen molar-refractivity contribution in [2.75, 3.05) is 6.61 Å². The third kappa shape index (κ3) is 1.47. The Bertz CT molecular complexity index is 329. The smallest absolute Gasteiger partial charge is 0.0528 e. The van der Waals surface area contributed by atoms with Crippen molar-refractivity contribution >= 4 is 11.6 Å².